The Morgan fingerprint density at radius 1 is 1.45 bits per heavy atom. The summed E-state index contributed by atoms with van der Waals surface area (Å²) >= 11 is 0. The molecule has 3 rings (SSSR count). The van der Waals surface area contributed by atoms with E-state index >= 15 is 0 Å². The zero-order chi connectivity index (χ0) is 15.9. The first-order valence-corrected chi connectivity index (χ1v) is 7.23. The van der Waals surface area contributed by atoms with Crippen molar-refractivity contribution in [1.82, 2.24) is 9.55 Å². The van der Waals surface area contributed by atoms with Crippen molar-refractivity contribution in [2.24, 2.45) is 0 Å². The second-order valence-corrected chi connectivity index (χ2v) is 5.59. The van der Waals surface area contributed by atoms with E-state index in [2.05, 4.69) is 4.98 Å². The molecule has 1 fully saturated rings. The quantitative estimate of drug-likeness (QED) is 0.945. The molecule has 2 unspecified atom stereocenters. The number of alkyl halides is 3. The Bertz CT molecular complexity index is 673. The smallest absolute Gasteiger partial charge is 0.385 e. The minimum atomic E-state index is -4.41. The highest BCUT2D eigenvalue weighted by atomic mass is 19.4. The number of aromatic nitrogens is 2. The normalized spacial score (nSPS) is 20.7. The number of rotatable bonds is 3. The fraction of sp³-hybridized carbons (Fsp3) is 0.533. The number of hydrogen-bond donors (Lipinski definition) is 1. The predicted octanol–water partition coefficient (Wildman–Crippen LogP) is 3.29. The molecule has 0 spiro atoms. The summed E-state index contributed by atoms with van der Waals surface area (Å²) in [5.41, 5.74) is 0.0852. The third-order valence-corrected chi connectivity index (χ3v) is 3.89. The van der Waals surface area contributed by atoms with Crippen LogP contribution < -0.4 is 0 Å². The largest absolute Gasteiger partial charge is 0.416 e. The van der Waals surface area contributed by atoms with Crippen LogP contribution in [0, 0.1) is 0 Å². The van der Waals surface area contributed by atoms with Gasteiger partial charge in [0.2, 0.25) is 0 Å². The molecule has 0 bridgehead atoms. The van der Waals surface area contributed by atoms with Crippen LogP contribution in [0.25, 0.3) is 11.0 Å². The van der Waals surface area contributed by atoms with Crippen molar-refractivity contribution in [1.29, 1.82) is 0 Å². The molecule has 1 aliphatic rings. The monoisotopic (exact) mass is 314 g/mol. The van der Waals surface area contributed by atoms with Crippen LogP contribution in [0.3, 0.4) is 0 Å². The molecule has 1 saturated heterocycles. The van der Waals surface area contributed by atoms with Gasteiger partial charge >= 0.3 is 6.18 Å². The summed E-state index contributed by atoms with van der Waals surface area (Å²) in [6.07, 6.45) is -3.38. The maximum absolute atomic E-state index is 12.8. The van der Waals surface area contributed by atoms with Gasteiger partial charge in [-0.25, -0.2) is 4.98 Å². The number of ether oxygens (including phenoxy) is 1. The predicted molar refractivity (Wildman–Crippen MR) is 74.3 cm³/mol. The van der Waals surface area contributed by atoms with E-state index in [4.69, 9.17) is 4.74 Å². The summed E-state index contributed by atoms with van der Waals surface area (Å²) in [6.45, 7) is 2.74. The van der Waals surface area contributed by atoms with E-state index in [0.29, 0.717) is 24.5 Å². The first-order valence-electron chi connectivity index (χ1n) is 7.23. The van der Waals surface area contributed by atoms with Gasteiger partial charge in [-0.2, -0.15) is 13.2 Å². The summed E-state index contributed by atoms with van der Waals surface area (Å²) in [5.74, 6) is 0.366. The highest BCUT2D eigenvalue weighted by Crippen LogP contribution is 2.32. The molecule has 1 aromatic heterocycles. The summed E-state index contributed by atoms with van der Waals surface area (Å²) < 4.78 is 45.8. The Morgan fingerprint density at radius 3 is 2.82 bits per heavy atom. The zero-order valence-electron chi connectivity index (χ0n) is 12.1. The second kappa shape index (κ2) is 5.55. The second-order valence-electron chi connectivity index (χ2n) is 5.59. The molecule has 4 nitrogen and oxygen atoms in total. The van der Waals surface area contributed by atoms with Crippen LogP contribution in [-0.2, 0) is 17.5 Å². The lowest BCUT2D eigenvalue weighted by atomic mass is 10.2. The van der Waals surface area contributed by atoms with Crippen molar-refractivity contribution in [3.05, 3.63) is 29.6 Å². The van der Waals surface area contributed by atoms with Crippen LogP contribution >= 0.6 is 0 Å². The van der Waals surface area contributed by atoms with E-state index in [-0.39, 0.29) is 11.6 Å². The SMILES string of the molecule is CC(O)c1nc2cc(C(F)(F)F)ccc2n1CC1CCCO1. The fourth-order valence-electron chi connectivity index (χ4n) is 2.83. The number of fused-ring (bicyclic) bond motifs is 1. The maximum atomic E-state index is 12.8. The van der Waals surface area contributed by atoms with Gasteiger partial charge in [0.15, 0.2) is 0 Å². The van der Waals surface area contributed by atoms with Gasteiger partial charge in [-0.05, 0) is 38.0 Å². The molecule has 22 heavy (non-hydrogen) atoms. The van der Waals surface area contributed by atoms with E-state index in [9.17, 15) is 18.3 Å². The minimum Gasteiger partial charge on any atom is -0.385 e. The van der Waals surface area contributed by atoms with Crippen LogP contribution in [0.15, 0.2) is 18.2 Å². The molecular formula is C15H17F3N2O2. The topological polar surface area (TPSA) is 47.3 Å². The highest BCUT2D eigenvalue weighted by Gasteiger charge is 2.31. The molecule has 1 N–H and O–H groups in total. The molecule has 0 amide bonds. The molecule has 2 atom stereocenters. The lowest BCUT2D eigenvalue weighted by Crippen LogP contribution is -2.18. The number of aliphatic hydroxyl groups is 1. The Balaban J connectivity index is 2.05. The van der Waals surface area contributed by atoms with E-state index < -0.39 is 17.8 Å². The van der Waals surface area contributed by atoms with Crippen molar-refractivity contribution in [3.63, 3.8) is 0 Å². The molecule has 2 heterocycles. The third-order valence-electron chi connectivity index (χ3n) is 3.89. The minimum absolute atomic E-state index is 0.0113. The Kier molecular flexibility index (Phi) is 3.86. The molecule has 0 saturated carbocycles. The number of halogens is 3. The number of benzene rings is 1. The van der Waals surface area contributed by atoms with E-state index in [1.165, 1.54) is 6.07 Å². The highest BCUT2D eigenvalue weighted by molar-refractivity contribution is 5.77. The van der Waals surface area contributed by atoms with Gasteiger partial charge in [-0.15, -0.1) is 0 Å². The average molecular weight is 314 g/mol. The standard InChI is InChI=1S/C15H17F3N2O2/c1-9(21)14-19-12-7-10(15(16,17)18)4-5-13(12)20(14)8-11-3-2-6-22-11/h4-5,7,9,11,21H,2-3,6,8H2,1H3. The first kappa shape index (κ1) is 15.3. The molecule has 0 radical (unpaired) electrons. The lowest BCUT2D eigenvalue weighted by Gasteiger charge is -2.15. The molecule has 2 aromatic rings. The number of aliphatic hydroxyl groups excluding tert-OH is 1. The van der Waals surface area contributed by atoms with Crippen molar-refractivity contribution < 1.29 is 23.0 Å². The molecular weight excluding hydrogens is 297 g/mol. The van der Waals surface area contributed by atoms with Crippen molar-refractivity contribution in [2.75, 3.05) is 6.61 Å². The molecule has 1 aliphatic heterocycles. The van der Waals surface area contributed by atoms with Crippen LogP contribution in [0.4, 0.5) is 13.2 Å². The Labute approximate surface area is 125 Å². The zero-order valence-corrected chi connectivity index (χ0v) is 12.1. The van der Waals surface area contributed by atoms with Gasteiger partial charge < -0.3 is 14.4 Å². The van der Waals surface area contributed by atoms with Gasteiger partial charge in [-0.1, -0.05) is 0 Å². The van der Waals surface area contributed by atoms with E-state index in [1.54, 1.807) is 11.5 Å². The Hall–Kier alpha value is -1.60. The van der Waals surface area contributed by atoms with Crippen LogP contribution in [0.5, 0.6) is 0 Å². The Morgan fingerprint density at radius 2 is 2.23 bits per heavy atom. The van der Waals surface area contributed by atoms with Gasteiger partial charge in [-0.3, -0.25) is 0 Å². The fourth-order valence-corrected chi connectivity index (χ4v) is 2.83. The number of nitrogens with zero attached hydrogens (tertiary/aromatic N) is 2. The molecule has 120 valence electrons. The third kappa shape index (κ3) is 2.83. The summed E-state index contributed by atoms with van der Waals surface area (Å²) in [6, 6.07) is 3.47. The van der Waals surface area contributed by atoms with Gasteiger partial charge in [0.1, 0.15) is 11.9 Å². The first-order chi connectivity index (χ1) is 10.4. The van der Waals surface area contributed by atoms with Crippen LogP contribution in [0.2, 0.25) is 0 Å². The van der Waals surface area contributed by atoms with Crippen LogP contribution in [0.1, 0.15) is 37.3 Å². The van der Waals surface area contributed by atoms with E-state index in [1.807, 2.05) is 0 Å². The molecule has 1 aromatic carbocycles. The van der Waals surface area contributed by atoms with Gasteiger partial charge in [0.05, 0.1) is 29.2 Å². The van der Waals surface area contributed by atoms with Crippen LogP contribution in [-0.4, -0.2) is 27.4 Å². The molecule has 0 aliphatic carbocycles. The lowest BCUT2D eigenvalue weighted by molar-refractivity contribution is -0.137. The molecule has 7 heteroatoms. The number of hydrogen-bond acceptors (Lipinski definition) is 3. The number of imidazole rings is 1. The van der Waals surface area contributed by atoms with Crippen molar-refractivity contribution in [2.45, 2.75) is 44.7 Å². The average Bonchev–Trinajstić information content (AvgIpc) is 3.06. The summed E-state index contributed by atoms with van der Waals surface area (Å²) in [5, 5.41) is 9.86. The van der Waals surface area contributed by atoms with E-state index in [0.717, 1.165) is 25.0 Å². The van der Waals surface area contributed by atoms with Crippen molar-refractivity contribution in [3.8, 4) is 0 Å². The summed E-state index contributed by atoms with van der Waals surface area (Å²) in [7, 11) is 0. The van der Waals surface area contributed by atoms with Gasteiger partial charge in [0, 0.05) is 6.61 Å². The summed E-state index contributed by atoms with van der Waals surface area (Å²) in [4.78, 5) is 4.19. The van der Waals surface area contributed by atoms with Crippen molar-refractivity contribution >= 4 is 11.0 Å². The van der Waals surface area contributed by atoms with Gasteiger partial charge in [0.25, 0.3) is 0 Å². The maximum Gasteiger partial charge on any atom is 0.416 e.